The van der Waals surface area contributed by atoms with Crippen LogP contribution in [0.3, 0.4) is 0 Å². The van der Waals surface area contributed by atoms with Crippen molar-refractivity contribution in [2.75, 3.05) is 13.1 Å². The van der Waals surface area contributed by atoms with Gasteiger partial charge < -0.3 is 9.80 Å². The van der Waals surface area contributed by atoms with Crippen molar-refractivity contribution in [3.05, 3.63) is 12.4 Å². The molecule has 1 aliphatic rings. The second-order valence-electron chi connectivity index (χ2n) is 13.3. The first kappa shape index (κ1) is 36.4. The Hall–Kier alpha value is -0.660. The molecule has 0 radical (unpaired) electrons. The predicted octanol–water partition coefficient (Wildman–Crippen LogP) is 12.6. The summed E-state index contributed by atoms with van der Waals surface area (Å²) >= 11 is 0. The molecular weight excluding hydrogens is 472 g/mol. The summed E-state index contributed by atoms with van der Waals surface area (Å²) in [7, 11) is 0. The molecule has 0 aromatic rings. The second kappa shape index (κ2) is 27.5. The summed E-state index contributed by atoms with van der Waals surface area (Å²) in [6.07, 6.45) is 44.3. The van der Waals surface area contributed by atoms with Crippen molar-refractivity contribution in [2.24, 2.45) is 5.92 Å². The van der Waals surface area contributed by atoms with E-state index in [0.29, 0.717) is 12.1 Å². The van der Waals surface area contributed by atoms with Gasteiger partial charge in [-0.15, -0.1) is 0 Å². The van der Waals surface area contributed by atoms with Crippen molar-refractivity contribution in [2.45, 2.75) is 207 Å². The summed E-state index contributed by atoms with van der Waals surface area (Å²) < 4.78 is 0. The summed E-state index contributed by atoms with van der Waals surface area (Å²) in [4.78, 5) is 5.29. The van der Waals surface area contributed by atoms with Crippen molar-refractivity contribution >= 4 is 0 Å². The van der Waals surface area contributed by atoms with E-state index in [9.17, 15) is 0 Å². The van der Waals surface area contributed by atoms with Crippen LogP contribution in [0.2, 0.25) is 0 Å². The van der Waals surface area contributed by atoms with Crippen LogP contribution in [-0.4, -0.2) is 29.1 Å². The maximum atomic E-state index is 2.65. The van der Waals surface area contributed by atoms with Crippen LogP contribution in [0.25, 0.3) is 0 Å². The van der Waals surface area contributed by atoms with Gasteiger partial charge in [-0.05, 0) is 18.8 Å². The van der Waals surface area contributed by atoms with Crippen LogP contribution in [0.1, 0.15) is 201 Å². The Morgan fingerprint density at radius 3 is 0.846 bits per heavy atom. The monoisotopic (exact) mass is 547 g/mol. The van der Waals surface area contributed by atoms with E-state index >= 15 is 0 Å². The molecule has 0 fully saturated rings. The number of nitrogens with zero attached hydrogens (tertiary/aromatic N) is 2. The zero-order chi connectivity index (χ0) is 28.2. The Morgan fingerprint density at radius 2 is 0.615 bits per heavy atom. The molecule has 1 unspecified atom stereocenters. The third-order valence-electron chi connectivity index (χ3n) is 9.02. The number of hydrogen-bond donors (Lipinski definition) is 0. The highest BCUT2D eigenvalue weighted by molar-refractivity contribution is 4.98. The predicted molar refractivity (Wildman–Crippen MR) is 177 cm³/mol. The van der Waals surface area contributed by atoms with E-state index in [0.717, 1.165) is 0 Å². The lowest BCUT2D eigenvalue weighted by Gasteiger charge is -2.36. The topological polar surface area (TPSA) is 6.48 Å². The van der Waals surface area contributed by atoms with E-state index in [1.54, 1.807) is 0 Å². The first-order chi connectivity index (χ1) is 19.2. The standard InChI is InChI=1S/C37H74N2/c1-5-7-9-11-13-15-17-18-19-20-21-23-25-27-29-31-33-39-35-34-38(37(39)36(3)4)32-30-28-26-24-22-16-14-12-10-8-6-2/h34-37H,5-33H2,1-4H3. The molecule has 0 N–H and O–H groups in total. The van der Waals surface area contributed by atoms with Crippen LogP contribution in [0.4, 0.5) is 0 Å². The highest BCUT2D eigenvalue weighted by atomic mass is 15.4. The molecule has 0 amide bonds. The minimum atomic E-state index is 0.587. The fourth-order valence-corrected chi connectivity index (χ4v) is 6.52. The Labute approximate surface area is 248 Å². The van der Waals surface area contributed by atoms with Crippen molar-refractivity contribution < 1.29 is 0 Å². The van der Waals surface area contributed by atoms with Crippen LogP contribution in [-0.2, 0) is 0 Å². The molecule has 0 aromatic carbocycles. The summed E-state index contributed by atoms with van der Waals surface area (Å²) in [5.41, 5.74) is 0. The van der Waals surface area contributed by atoms with E-state index in [1.807, 2.05) is 0 Å². The average Bonchev–Trinajstić information content (AvgIpc) is 3.34. The number of hydrogen-bond acceptors (Lipinski definition) is 2. The van der Waals surface area contributed by atoms with Crippen molar-refractivity contribution in [3.8, 4) is 0 Å². The molecule has 2 nitrogen and oxygen atoms in total. The highest BCUT2D eigenvalue weighted by Crippen LogP contribution is 2.24. The van der Waals surface area contributed by atoms with E-state index in [1.165, 1.54) is 186 Å². The molecule has 2 heteroatoms. The summed E-state index contributed by atoms with van der Waals surface area (Å²) in [6, 6.07) is 0. The zero-order valence-corrected chi connectivity index (χ0v) is 27.7. The van der Waals surface area contributed by atoms with Crippen LogP contribution < -0.4 is 0 Å². The van der Waals surface area contributed by atoms with Gasteiger partial charge in [-0.3, -0.25) is 0 Å². The minimum Gasteiger partial charge on any atom is -0.356 e. The largest absolute Gasteiger partial charge is 0.356 e. The molecular formula is C37H74N2. The molecule has 0 spiro atoms. The van der Waals surface area contributed by atoms with Gasteiger partial charge in [-0.25, -0.2) is 0 Å². The number of unbranched alkanes of at least 4 members (excludes halogenated alkanes) is 25. The Kier molecular flexibility index (Phi) is 25.6. The molecule has 0 aromatic heterocycles. The minimum absolute atomic E-state index is 0.587. The van der Waals surface area contributed by atoms with Crippen LogP contribution in [0, 0.1) is 5.92 Å². The van der Waals surface area contributed by atoms with Gasteiger partial charge in [0.1, 0.15) is 6.17 Å². The lowest BCUT2D eigenvalue weighted by molar-refractivity contribution is 0.104. The summed E-state index contributed by atoms with van der Waals surface area (Å²) in [5.74, 6) is 0.689. The molecule has 1 heterocycles. The van der Waals surface area contributed by atoms with Crippen molar-refractivity contribution in [1.82, 2.24) is 9.80 Å². The molecule has 39 heavy (non-hydrogen) atoms. The van der Waals surface area contributed by atoms with Gasteiger partial charge in [-0.1, -0.05) is 188 Å². The maximum Gasteiger partial charge on any atom is 0.103 e. The molecule has 1 atom stereocenters. The maximum absolute atomic E-state index is 2.65. The molecule has 0 bridgehead atoms. The van der Waals surface area contributed by atoms with E-state index in [4.69, 9.17) is 0 Å². The first-order valence-electron chi connectivity index (χ1n) is 18.4. The van der Waals surface area contributed by atoms with Gasteiger partial charge in [0.15, 0.2) is 0 Å². The SMILES string of the molecule is CCCCCCCCCCCCCCCCCCN1C=CN(CCCCCCCCCCCCC)C1C(C)C. The Balaban J connectivity index is 1.95. The van der Waals surface area contributed by atoms with E-state index in [-0.39, 0.29) is 0 Å². The zero-order valence-electron chi connectivity index (χ0n) is 27.7. The molecule has 0 saturated heterocycles. The highest BCUT2D eigenvalue weighted by Gasteiger charge is 2.28. The fraction of sp³-hybridized carbons (Fsp3) is 0.946. The van der Waals surface area contributed by atoms with Crippen LogP contribution in [0.15, 0.2) is 12.4 Å². The normalized spacial score (nSPS) is 15.4. The van der Waals surface area contributed by atoms with Crippen LogP contribution in [0.5, 0.6) is 0 Å². The van der Waals surface area contributed by atoms with Gasteiger partial charge in [0.05, 0.1) is 0 Å². The average molecular weight is 547 g/mol. The molecule has 0 saturated carbocycles. The Bertz CT molecular complexity index is 514. The summed E-state index contributed by atoms with van der Waals surface area (Å²) in [6.45, 7) is 11.9. The molecule has 1 aliphatic heterocycles. The number of rotatable bonds is 30. The van der Waals surface area contributed by atoms with Crippen molar-refractivity contribution in [1.29, 1.82) is 0 Å². The lowest BCUT2D eigenvalue weighted by atomic mass is 10.0. The quantitative estimate of drug-likeness (QED) is 0.0826. The van der Waals surface area contributed by atoms with Gasteiger partial charge in [0.2, 0.25) is 0 Å². The molecule has 232 valence electrons. The fourth-order valence-electron chi connectivity index (χ4n) is 6.52. The second-order valence-corrected chi connectivity index (χ2v) is 13.3. The lowest BCUT2D eigenvalue weighted by Crippen LogP contribution is -2.43. The third-order valence-corrected chi connectivity index (χ3v) is 9.02. The van der Waals surface area contributed by atoms with E-state index in [2.05, 4.69) is 49.9 Å². The van der Waals surface area contributed by atoms with E-state index < -0.39 is 0 Å². The van der Waals surface area contributed by atoms with Gasteiger partial charge in [0, 0.05) is 25.5 Å². The van der Waals surface area contributed by atoms with Crippen molar-refractivity contribution in [3.63, 3.8) is 0 Å². The molecule has 0 aliphatic carbocycles. The van der Waals surface area contributed by atoms with Gasteiger partial charge in [0.25, 0.3) is 0 Å². The Morgan fingerprint density at radius 1 is 0.385 bits per heavy atom. The van der Waals surface area contributed by atoms with Crippen LogP contribution >= 0.6 is 0 Å². The summed E-state index contributed by atoms with van der Waals surface area (Å²) in [5, 5.41) is 0. The smallest absolute Gasteiger partial charge is 0.103 e. The van der Waals surface area contributed by atoms with Gasteiger partial charge >= 0.3 is 0 Å². The van der Waals surface area contributed by atoms with Gasteiger partial charge in [-0.2, -0.15) is 0 Å². The first-order valence-corrected chi connectivity index (χ1v) is 18.4. The third kappa shape index (κ3) is 20.8. The molecule has 1 rings (SSSR count).